The Labute approximate surface area is 109 Å². The van der Waals surface area contributed by atoms with E-state index < -0.39 is 0 Å². The van der Waals surface area contributed by atoms with Crippen LogP contribution in [0, 0.1) is 5.92 Å². The Balaban J connectivity index is 2.03. The molecule has 0 saturated heterocycles. The number of rotatable bonds is 4. The Kier molecular flexibility index (Phi) is 4.38. The molecule has 2 aliphatic carbocycles. The van der Waals surface area contributed by atoms with Crippen molar-refractivity contribution in [2.45, 2.75) is 50.9 Å². The van der Waals surface area contributed by atoms with E-state index in [1.165, 1.54) is 5.57 Å². The van der Waals surface area contributed by atoms with E-state index in [2.05, 4.69) is 36.5 Å². The predicted octanol–water partition coefficient (Wildman–Crippen LogP) is 1.50. The van der Waals surface area contributed by atoms with E-state index in [-0.39, 0.29) is 12.1 Å². The summed E-state index contributed by atoms with van der Waals surface area (Å²) in [6.45, 7) is 3.96. The van der Waals surface area contributed by atoms with Gasteiger partial charge in [-0.2, -0.15) is 0 Å². The van der Waals surface area contributed by atoms with Gasteiger partial charge >= 0.3 is 0 Å². The zero-order valence-corrected chi connectivity index (χ0v) is 11.2. The fraction of sp³-hybridized carbons (Fsp3) is 0.600. The molecule has 100 valence electrons. The maximum absolute atomic E-state index is 9.44. The largest absolute Gasteiger partial charge is 0.393 e. The van der Waals surface area contributed by atoms with Gasteiger partial charge in [0.15, 0.2) is 0 Å². The van der Waals surface area contributed by atoms with Gasteiger partial charge in [-0.25, -0.2) is 0 Å². The van der Waals surface area contributed by atoms with Crippen molar-refractivity contribution in [2.24, 2.45) is 11.7 Å². The van der Waals surface area contributed by atoms with Gasteiger partial charge in [-0.15, -0.1) is 0 Å². The first-order valence-electron chi connectivity index (χ1n) is 6.82. The molecule has 3 heteroatoms. The molecule has 18 heavy (non-hydrogen) atoms. The van der Waals surface area contributed by atoms with Crippen LogP contribution >= 0.6 is 0 Å². The van der Waals surface area contributed by atoms with Crippen molar-refractivity contribution in [3.63, 3.8) is 0 Å². The summed E-state index contributed by atoms with van der Waals surface area (Å²) in [6, 6.07) is 0.766. The van der Waals surface area contributed by atoms with Crippen molar-refractivity contribution in [1.82, 2.24) is 5.32 Å². The zero-order valence-electron chi connectivity index (χ0n) is 11.2. The molecule has 0 aliphatic heterocycles. The van der Waals surface area contributed by atoms with Crippen LogP contribution in [0.3, 0.4) is 0 Å². The van der Waals surface area contributed by atoms with Crippen molar-refractivity contribution in [3.05, 3.63) is 36.0 Å². The van der Waals surface area contributed by atoms with Gasteiger partial charge in [0.25, 0.3) is 0 Å². The lowest BCUT2D eigenvalue weighted by atomic mass is 9.77. The third-order valence-electron chi connectivity index (χ3n) is 3.75. The average molecular weight is 248 g/mol. The summed E-state index contributed by atoms with van der Waals surface area (Å²) >= 11 is 0. The number of nitrogens with two attached hydrogens (primary N) is 1. The van der Waals surface area contributed by atoms with E-state index in [4.69, 9.17) is 5.73 Å². The van der Waals surface area contributed by atoms with E-state index >= 15 is 0 Å². The molecule has 5 unspecified atom stereocenters. The maximum atomic E-state index is 9.44. The van der Waals surface area contributed by atoms with Crippen molar-refractivity contribution in [1.29, 1.82) is 0 Å². The highest BCUT2D eigenvalue weighted by atomic mass is 16.3. The molecule has 0 radical (unpaired) electrons. The minimum atomic E-state index is -0.262. The van der Waals surface area contributed by atoms with Crippen LogP contribution in [-0.2, 0) is 0 Å². The number of aliphatic hydroxyl groups is 1. The standard InChI is InChI=1S/C15H24N2O/c1-10(9-11(2)18)17-14-8-4-6-12-5-3-7-13(16)15(12)14/h3-7,10-11,13-15,17-18H,8-9,16H2,1-2H3. The Hall–Kier alpha value is -0.900. The van der Waals surface area contributed by atoms with Gasteiger partial charge in [0.1, 0.15) is 0 Å². The monoisotopic (exact) mass is 248 g/mol. The number of aliphatic hydroxyl groups excluding tert-OH is 1. The lowest BCUT2D eigenvalue weighted by molar-refractivity contribution is 0.164. The highest BCUT2D eigenvalue weighted by Crippen LogP contribution is 2.30. The summed E-state index contributed by atoms with van der Waals surface area (Å²) < 4.78 is 0. The molecule has 0 aromatic heterocycles. The molecule has 5 atom stereocenters. The number of hydrogen-bond acceptors (Lipinski definition) is 3. The van der Waals surface area contributed by atoms with Crippen LogP contribution in [0.2, 0.25) is 0 Å². The summed E-state index contributed by atoms with van der Waals surface area (Å²) in [5.74, 6) is 0.358. The van der Waals surface area contributed by atoms with E-state index in [0.717, 1.165) is 12.8 Å². The fourth-order valence-corrected chi connectivity index (χ4v) is 3.03. The molecule has 0 spiro atoms. The molecular weight excluding hydrogens is 224 g/mol. The van der Waals surface area contributed by atoms with Gasteiger partial charge in [-0.05, 0) is 32.3 Å². The second-order valence-corrected chi connectivity index (χ2v) is 5.55. The van der Waals surface area contributed by atoms with Crippen LogP contribution in [0.15, 0.2) is 36.0 Å². The van der Waals surface area contributed by atoms with Gasteiger partial charge in [0, 0.05) is 24.0 Å². The zero-order chi connectivity index (χ0) is 13.1. The first kappa shape index (κ1) is 13.5. The highest BCUT2D eigenvalue weighted by molar-refractivity contribution is 5.37. The summed E-state index contributed by atoms with van der Waals surface area (Å²) in [5, 5.41) is 13.0. The normalized spacial score (nSPS) is 33.8. The van der Waals surface area contributed by atoms with Crippen molar-refractivity contribution < 1.29 is 5.11 Å². The molecule has 2 rings (SSSR count). The first-order valence-corrected chi connectivity index (χ1v) is 6.82. The summed E-state index contributed by atoms with van der Waals surface area (Å²) in [7, 11) is 0. The smallest absolute Gasteiger partial charge is 0.0526 e. The Morgan fingerprint density at radius 3 is 3.00 bits per heavy atom. The van der Waals surface area contributed by atoms with Gasteiger partial charge in [-0.1, -0.05) is 30.4 Å². The van der Waals surface area contributed by atoms with Crippen LogP contribution in [0.1, 0.15) is 26.7 Å². The average Bonchev–Trinajstić information content (AvgIpc) is 2.28. The molecule has 2 aliphatic rings. The fourth-order valence-electron chi connectivity index (χ4n) is 3.03. The van der Waals surface area contributed by atoms with E-state index in [1.807, 2.05) is 13.0 Å². The van der Waals surface area contributed by atoms with E-state index in [1.54, 1.807) is 0 Å². The topological polar surface area (TPSA) is 58.3 Å². The van der Waals surface area contributed by atoms with Crippen LogP contribution in [0.4, 0.5) is 0 Å². The molecule has 0 saturated carbocycles. The molecule has 0 fully saturated rings. The summed E-state index contributed by atoms with van der Waals surface area (Å²) in [6.07, 6.45) is 12.2. The first-order chi connectivity index (χ1) is 8.58. The van der Waals surface area contributed by atoms with Gasteiger partial charge in [0.2, 0.25) is 0 Å². The number of nitrogens with one attached hydrogen (secondary N) is 1. The Morgan fingerprint density at radius 1 is 1.50 bits per heavy atom. The highest BCUT2D eigenvalue weighted by Gasteiger charge is 2.31. The van der Waals surface area contributed by atoms with Gasteiger partial charge < -0.3 is 16.2 Å². The number of hydrogen-bond donors (Lipinski definition) is 3. The molecule has 0 heterocycles. The van der Waals surface area contributed by atoms with Crippen molar-refractivity contribution >= 4 is 0 Å². The molecule has 0 aromatic carbocycles. The Bertz CT molecular complexity index is 371. The molecule has 0 amide bonds. The minimum Gasteiger partial charge on any atom is -0.393 e. The third-order valence-corrected chi connectivity index (χ3v) is 3.75. The van der Waals surface area contributed by atoms with E-state index in [9.17, 15) is 5.11 Å². The van der Waals surface area contributed by atoms with Crippen molar-refractivity contribution in [3.8, 4) is 0 Å². The number of allylic oxidation sites excluding steroid dienone is 3. The lowest BCUT2D eigenvalue weighted by Gasteiger charge is -2.37. The summed E-state index contributed by atoms with van der Waals surface area (Å²) in [5.41, 5.74) is 7.52. The molecular formula is C15H24N2O. The van der Waals surface area contributed by atoms with Gasteiger partial charge in [-0.3, -0.25) is 0 Å². The molecule has 0 bridgehead atoms. The molecule has 3 nitrogen and oxygen atoms in total. The second-order valence-electron chi connectivity index (χ2n) is 5.55. The predicted molar refractivity (Wildman–Crippen MR) is 75.1 cm³/mol. The van der Waals surface area contributed by atoms with Crippen LogP contribution in [-0.4, -0.2) is 29.3 Å². The quantitative estimate of drug-likeness (QED) is 0.706. The van der Waals surface area contributed by atoms with Crippen LogP contribution in [0.25, 0.3) is 0 Å². The summed E-state index contributed by atoms with van der Waals surface area (Å²) in [4.78, 5) is 0. The Morgan fingerprint density at radius 2 is 2.28 bits per heavy atom. The number of fused-ring (bicyclic) bond motifs is 1. The van der Waals surface area contributed by atoms with Crippen LogP contribution in [0.5, 0.6) is 0 Å². The minimum absolute atomic E-state index is 0.0891. The van der Waals surface area contributed by atoms with Gasteiger partial charge in [0.05, 0.1) is 6.10 Å². The SMILES string of the molecule is CC(O)CC(C)NC1CC=CC2=CC=CC(N)C21. The lowest BCUT2D eigenvalue weighted by Crippen LogP contribution is -2.50. The molecule has 0 aromatic rings. The van der Waals surface area contributed by atoms with E-state index in [0.29, 0.717) is 18.0 Å². The second kappa shape index (κ2) is 5.83. The van der Waals surface area contributed by atoms with Crippen LogP contribution < -0.4 is 11.1 Å². The van der Waals surface area contributed by atoms with Crippen molar-refractivity contribution in [2.75, 3.05) is 0 Å². The maximum Gasteiger partial charge on any atom is 0.0526 e. The third kappa shape index (κ3) is 3.10. The molecule has 4 N–H and O–H groups in total.